The molecule has 5 nitrogen and oxygen atoms in total. The zero-order valence-electron chi connectivity index (χ0n) is 18.2. The number of Topliss-reactive ketones (excluding diaryl/α,β-unsaturated/α-hetero) is 1. The van der Waals surface area contributed by atoms with Gasteiger partial charge in [0.1, 0.15) is 5.71 Å². The summed E-state index contributed by atoms with van der Waals surface area (Å²) in [4.78, 5) is 28.5. The number of ketones is 1. The van der Waals surface area contributed by atoms with Crippen LogP contribution in [0.3, 0.4) is 0 Å². The van der Waals surface area contributed by atoms with Crippen LogP contribution < -0.4 is 10.6 Å². The molecule has 3 aromatic rings. The Labute approximate surface area is 198 Å². The van der Waals surface area contributed by atoms with Crippen molar-refractivity contribution in [3.63, 3.8) is 0 Å². The number of halogens is 4. The Balaban J connectivity index is 1.54. The topological polar surface area (TPSA) is 70.6 Å². The predicted octanol–water partition coefficient (Wildman–Crippen LogP) is 6.87. The minimum absolute atomic E-state index is 0.0403. The summed E-state index contributed by atoms with van der Waals surface area (Å²) < 4.78 is 39.2. The summed E-state index contributed by atoms with van der Waals surface area (Å²) >= 11 is 5.62. The fourth-order valence-electron chi connectivity index (χ4n) is 3.80. The van der Waals surface area contributed by atoms with E-state index in [0.29, 0.717) is 17.9 Å². The van der Waals surface area contributed by atoms with Crippen molar-refractivity contribution in [3.05, 3.63) is 81.9 Å². The Morgan fingerprint density at radius 2 is 1.62 bits per heavy atom. The molecule has 0 atom stereocenters. The van der Waals surface area contributed by atoms with Gasteiger partial charge in [-0.3, -0.25) is 9.79 Å². The van der Waals surface area contributed by atoms with Crippen molar-refractivity contribution in [2.45, 2.75) is 26.6 Å². The average molecular weight is 486 g/mol. The fraction of sp³-hybridized carbons (Fsp3) is 0.160. The third-order valence-corrected chi connectivity index (χ3v) is 5.77. The molecular formula is C25H19ClF3N3O2. The Hall–Kier alpha value is -3.65. The van der Waals surface area contributed by atoms with E-state index in [1.165, 1.54) is 13.0 Å². The molecule has 3 aromatic carbocycles. The lowest BCUT2D eigenvalue weighted by Gasteiger charge is -2.14. The minimum Gasteiger partial charge on any atom is -0.308 e. The summed E-state index contributed by atoms with van der Waals surface area (Å²) in [5.41, 5.74) is 4.36. The number of aliphatic imine (C=N–C) groups is 1. The van der Waals surface area contributed by atoms with Crippen LogP contribution in [0.25, 0.3) is 11.1 Å². The first-order valence-electron chi connectivity index (χ1n) is 10.3. The Morgan fingerprint density at radius 3 is 2.29 bits per heavy atom. The van der Waals surface area contributed by atoms with Crippen LogP contribution in [-0.4, -0.2) is 17.5 Å². The molecule has 174 valence electrons. The number of aryl methyl sites for hydroxylation is 1. The number of carbonyl (C=O) groups excluding carboxylic acids is 2. The standard InChI is InChI=1S/C25H19ClF3N3O2/c1-13-3-5-17(31-24(34)32-18-6-8-22(26)21(11-18)25(27,28)29)10-20(13)15-4-7-19-16(9-15)12-30-23(19)14(2)33/h3-11H,12H2,1-2H3,(H2,31,32,34). The molecule has 1 aliphatic heterocycles. The van der Waals surface area contributed by atoms with Crippen molar-refractivity contribution < 1.29 is 22.8 Å². The highest BCUT2D eigenvalue weighted by atomic mass is 35.5. The summed E-state index contributed by atoms with van der Waals surface area (Å²) in [6.07, 6.45) is -4.64. The molecule has 0 fully saturated rings. The number of nitrogens with zero attached hydrogens (tertiary/aromatic N) is 1. The zero-order chi connectivity index (χ0) is 24.6. The van der Waals surface area contributed by atoms with Crippen molar-refractivity contribution in [3.8, 4) is 11.1 Å². The van der Waals surface area contributed by atoms with E-state index >= 15 is 0 Å². The third-order valence-electron chi connectivity index (χ3n) is 5.44. The van der Waals surface area contributed by atoms with E-state index in [4.69, 9.17) is 11.6 Å². The van der Waals surface area contributed by atoms with Gasteiger partial charge in [-0.1, -0.05) is 29.8 Å². The van der Waals surface area contributed by atoms with Crippen LogP contribution >= 0.6 is 11.6 Å². The molecule has 2 N–H and O–H groups in total. The number of alkyl halides is 3. The number of benzene rings is 3. The number of carbonyl (C=O) groups is 2. The Kier molecular flexibility index (Phi) is 6.18. The number of amides is 2. The minimum atomic E-state index is -4.64. The monoisotopic (exact) mass is 485 g/mol. The van der Waals surface area contributed by atoms with Crippen LogP contribution in [0.4, 0.5) is 29.3 Å². The first-order chi connectivity index (χ1) is 16.0. The van der Waals surface area contributed by atoms with E-state index in [1.54, 1.807) is 12.1 Å². The molecule has 0 aliphatic carbocycles. The van der Waals surface area contributed by atoms with E-state index in [-0.39, 0.29) is 11.5 Å². The lowest BCUT2D eigenvalue weighted by Crippen LogP contribution is -2.20. The van der Waals surface area contributed by atoms with E-state index in [1.807, 2.05) is 31.2 Å². The van der Waals surface area contributed by atoms with Gasteiger partial charge in [0, 0.05) is 23.9 Å². The largest absolute Gasteiger partial charge is 0.417 e. The molecule has 0 aromatic heterocycles. The Bertz CT molecular complexity index is 1350. The SMILES string of the molecule is CC(=O)C1=NCc2cc(-c3cc(NC(=O)Nc4ccc(Cl)c(C(F)(F)F)c4)ccc3C)ccc21. The zero-order valence-corrected chi connectivity index (χ0v) is 18.9. The molecule has 0 bridgehead atoms. The number of hydrogen-bond donors (Lipinski definition) is 2. The number of nitrogens with one attached hydrogen (secondary N) is 2. The molecule has 4 rings (SSSR count). The van der Waals surface area contributed by atoms with Crippen LogP contribution in [0.1, 0.15) is 29.2 Å². The number of anilines is 2. The van der Waals surface area contributed by atoms with Crippen LogP contribution in [-0.2, 0) is 17.5 Å². The van der Waals surface area contributed by atoms with Gasteiger partial charge >= 0.3 is 12.2 Å². The highest BCUT2D eigenvalue weighted by molar-refractivity contribution is 6.46. The summed E-state index contributed by atoms with van der Waals surface area (Å²) in [7, 11) is 0. The lowest BCUT2D eigenvalue weighted by atomic mass is 9.95. The van der Waals surface area contributed by atoms with Crippen LogP contribution in [0.15, 0.2) is 59.6 Å². The van der Waals surface area contributed by atoms with Gasteiger partial charge in [-0.05, 0) is 65.6 Å². The quantitative estimate of drug-likeness (QED) is 0.423. The molecule has 0 unspecified atom stereocenters. The molecule has 34 heavy (non-hydrogen) atoms. The number of fused-ring (bicyclic) bond motifs is 1. The lowest BCUT2D eigenvalue weighted by molar-refractivity contribution is -0.137. The van der Waals surface area contributed by atoms with E-state index < -0.39 is 22.8 Å². The fourth-order valence-corrected chi connectivity index (χ4v) is 4.02. The third kappa shape index (κ3) is 4.82. The smallest absolute Gasteiger partial charge is 0.308 e. The van der Waals surface area contributed by atoms with Gasteiger partial charge in [-0.15, -0.1) is 0 Å². The normalized spacial score (nSPS) is 12.7. The molecule has 1 heterocycles. The van der Waals surface area contributed by atoms with Crippen LogP contribution in [0.5, 0.6) is 0 Å². The van der Waals surface area contributed by atoms with Gasteiger partial charge in [0.2, 0.25) is 0 Å². The molecule has 2 amide bonds. The van der Waals surface area contributed by atoms with Crippen LogP contribution in [0.2, 0.25) is 5.02 Å². The second-order valence-electron chi connectivity index (χ2n) is 7.89. The number of rotatable bonds is 4. The number of urea groups is 1. The highest BCUT2D eigenvalue weighted by Gasteiger charge is 2.33. The molecule has 0 saturated heterocycles. The second kappa shape index (κ2) is 8.95. The van der Waals surface area contributed by atoms with Gasteiger partial charge in [0.05, 0.1) is 17.1 Å². The van der Waals surface area contributed by atoms with Gasteiger partial charge in [0.25, 0.3) is 0 Å². The molecule has 0 spiro atoms. The van der Waals surface area contributed by atoms with Crippen molar-refractivity contribution >= 4 is 40.5 Å². The Morgan fingerprint density at radius 1 is 0.941 bits per heavy atom. The first kappa shape index (κ1) is 23.5. The molecule has 0 saturated carbocycles. The molecule has 0 radical (unpaired) electrons. The number of hydrogen-bond acceptors (Lipinski definition) is 3. The van der Waals surface area contributed by atoms with Gasteiger partial charge in [-0.2, -0.15) is 13.2 Å². The van der Waals surface area contributed by atoms with E-state index in [2.05, 4.69) is 15.6 Å². The summed E-state index contributed by atoms with van der Waals surface area (Å²) in [6.45, 7) is 3.84. The van der Waals surface area contributed by atoms with Crippen molar-refractivity contribution in [2.24, 2.45) is 4.99 Å². The maximum Gasteiger partial charge on any atom is 0.417 e. The van der Waals surface area contributed by atoms with Crippen molar-refractivity contribution in [1.29, 1.82) is 0 Å². The maximum absolute atomic E-state index is 13.1. The second-order valence-corrected chi connectivity index (χ2v) is 8.30. The van der Waals surface area contributed by atoms with Crippen molar-refractivity contribution in [1.82, 2.24) is 0 Å². The summed E-state index contributed by atoms with van der Waals surface area (Å²) in [5.74, 6) is -0.0806. The van der Waals surface area contributed by atoms with Gasteiger partial charge in [0.15, 0.2) is 5.78 Å². The summed E-state index contributed by atoms with van der Waals surface area (Å²) in [6, 6.07) is 13.5. The molecular weight excluding hydrogens is 467 g/mol. The van der Waals surface area contributed by atoms with Gasteiger partial charge in [-0.25, -0.2) is 4.79 Å². The summed E-state index contributed by atoms with van der Waals surface area (Å²) in [5, 5.41) is 4.59. The molecule has 9 heteroatoms. The first-order valence-corrected chi connectivity index (χ1v) is 10.6. The maximum atomic E-state index is 13.1. The van der Waals surface area contributed by atoms with E-state index in [0.717, 1.165) is 39.9 Å². The van der Waals surface area contributed by atoms with Gasteiger partial charge < -0.3 is 10.6 Å². The molecule has 1 aliphatic rings. The predicted molar refractivity (Wildman–Crippen MR) is 127 cm³/mol. The van der Waals surface area contributed by atoms with Crippen molar-refractivity contribution in [2.75, 3.05) is 10.6 Å². The highest BCUT2D eigenvalue weighted by Crippen LogP contribution is 2.36. The van der Waals surface area contributed by atoms with E-state index in [9.17, 15) is 22.8 Å². The van der Waals surface area contributed by atoms with Crippen LogP contribution in [0, 0.1) is 6.92 Å². The average Bonchev–Trinajstić information content (AvgIpc) is 3.19.